The van der Waals surface area contributed by atoms with E-state index in [1.165, 1.54) is 0 Å². The van der Waals surface area contributed by atoms with Crippen LogP contribution in [0.1, 0.15) is 39.2 Å². The maximum atomic E-state index is 11.9. The third kappa shape index (κ3) is 6.03. The summed E-state index contributed by atoms with van der Waals surface area (Å²) in [5, 5.41) is 5.38. The molecule has 0 aliphatic heterocycles. The predicted molar refractivity (Wildman–Crippen MR) is 92.2 cm³/mol. The van der Waals surface area contributed by atoms with Crippen molar-refractivity contribution in [2.45, 2.75) is 39.7 Å². The molecule has 0 saturated carbocycles. The topological polar surface area (TPSA) is 84.2 Å². The fraction of sp³-hybridized carbons (Fsp3) is 0.500. The number of nitrogens with one attached hydrogen (secondary N) is 2. The summed E-state index contributed by atoms with van der Waals surface area (Å²) in [4.78, 5) is 23.6. The largest absolute Gasteiger partial charge is 0.346 e. The van der Waals surface area contributed by atoms with Gasteiger partial charge in [0.2, 0.25) is 11.8 Å². The zero-order valence-electron chi connectivity index (χ0n) is 13.6. The maximum absolute atomic E-state index is 11.9. The number of halogens is 1. The molecule has 0 aromatic heterocycles. The third-order valence-electron chi connectivity index (χ3n) is 3.30. The Hall–Kier alpha value is -1.59. The minimum absolute atomic E-state index is 0. The second-order valence-electron chi connectivity index (χ2n) is 5.78. The summed E-state index contributed by atoms with van der Waals surface area (Å²) in [6, 6.07) is 7.05. The molecular formula is C16H26ClN3O2. The van der Waals surface area contributed by atoms with E-state index in [1.54, 1.807) is 0 Å². The van der Waals surface area contributed by atoms with Gasteiger partial charge < -0.3 is 16.4 Å². The lowest BCUT2D eigenvalue weighted by atomic mass is 10.0. The molecule has 0 saturated heterocycles. The lowest BCUT2D eigenvalue weighted by molar-refractivity contribution is -0.125. The van der Waals surface area contributed by atoms with Gasteiger partial charge in [-0.1, -0.05) is 45.9 Å². The van der Waals surface area contributed by atoms with Crippen molar-refractivity contribution in [1.29, 1.82) is 0 Å². The van der Waals surface area contributed by atoms with E-state index in [-0.39, 0.29) is 36.7 Å². The zero-order valence-corrected chi connectivity index (χ0v) is 14.4. The van der Waals surface area contributed by atoms with Gasteiger partial charge in [-0.15, -0.1) is 12.4 Å². The molecule has 1 aromatic rings. The highest BCUT2D eigenvalue weighted by atomic mass is 35.5. The summed E-state index contributed by atoms with van der Waals surface area (Å²) in [5.74, 6) is -0.218. The molecule has 5 nitrogen and oxygen atoms in total. The Balaban J connectivity index is 0.00000441. The number of amides is 2. The van der Waals surface area contributed by atoms with Gasteiger partial charge in [0.05, 0.1) is 12.6 Å². The molecule has 0 radical (unpaired) electrons. The fourth-order valence-electron chi connectivity index (χ4n) is 1.90. The van der Waals surface area contributed by atoms with Crippen molar-refractivity contribution in [3.63, 3.8) is 0 Å². The molecule has 6 heteroatoms. The van der Waals surface area contributed by atoms with Crippen LogP contribution in [0.3, 0.4) is 0 Å². The van der Waals surface area contributed by atoms with Crippen LogP contribution in [0.15, 0.2) is 24.3 Å². The average molecular weight is 328 g/mol. The molecule has 0 bridgehead atoms. The van der Waals surface area contributed by atoms with Crippen LogP contribution < -0.4 is 16.4 Å². The van der Waals surface area contributed by atoms with Gasteiger partial charge in [-0.05, 0) is 23.5 Å². The van der Waals surface area contributed by atoms with Crippen LogP contribution in [-0.4, -0.2) is 24.4 Å². The van der Waals surface area contributed by atoms with Crippen LogP contribution in [0, 0.1) is 5.92 Å². The molecule has 0 unspecified atom stereocenters. The molecule has 2 amide bonds. The highest BCUT2D eigenvalue weighted by Gasteiger charge is 2.17. The quantitative estimate of drug-likeness (QED) is 0.749. The summed E-state index contributed by atoms with van der Waals surface area (Å²) >= 11 is 0. The van der Waals surface area contributed by atoms with E-state index in [1.807, 2.05) is 38.1 Å². The molecule has 1 aromatic carbocycles. The Morgan fingerprint density at radius 2 is 1.73 bits per heavy atom. The number of carbonyl (C=O) groups excluding carboxylic acids is 2. The van der Waals surface area contributed by atoms with Gasteiger partial charge in [-0.3, -0.25) is 9.59 Å². The SMILES string of the molecule is CC(C)c1ccccc1NC(=O)CNC(=O)[C@@H](N)C(C)C.Cl. The summed E-state index contributed by atoms with van der Waals surface area (Å²) < 4.78 is 0. The van der Waals surface area contributed by atoms with E-state index >= 15 is 0 Å². The summed E-state index contributed by atoms with van der Waals surface area (Å²) in [7, 11) is 0. The van der Waals surface area contributed by atoms with E-state index in [0.717, 1.165) is 11.3 Å². The molecule has 22 heavy (non-hydrogen) atoms. The first-order chi connectivity index (χ1) is 9.82. The predicted octanol–water partition coefficient (Wildman–Crippen LogP) is 2.27. The number of hydrogen-bond acceptors (Lipinski definition) is 3. The van der Waals surface area contributed by atoms with E-state index in [4.69, 9.17) is 5.73 Å². The number of para-hydroxylation sites is 1. The van der Waals surface area contributed by atoms with Crippen molar-refractivity contribution in [2.75, 3.05) is 11.9 Å². The summed E-state index contributed by atoms with van der Waals surface area (Å²) in [6.07, 6.45) is 0. The number of rotatable bonds is 6. The van der Waals surface area contributed by atoms with Crippen LogP contribution in [0.25, 0.3) is 0 Å². The van der Waals surface area contributed by atoms with Crippen molar-refractivity contribution < 1.29 is 9.59 Å². The van der Waals surface area contributed by atoms with Gasteiger partial charge in [-0.2, -0.15) is 0 Å². The Bertz CT molecular complexity index is 504. The van der Waals surface area contributed by atoms with Crippen LogP contribution >= 0.6 is 12.4 Å². The van der Waals surface area contributed by atoms with E-state index in [9.17, 15) is 9.59 Å². The van der Waals surface area contributed by atoms with Gasteiger partial charge >= 0.3 is 0 Å². The van der Waals surface area contributed by atoms with Crippen LogP contribution in [0.2, 0.25) is 0 Å². The van der Waals surface area contributed by atoms with Crippen molar-refractivity contribution in [3.8, 4) is 0 Å². The van der Waals surface area contributed by atoms with Crippen molar-refractivity contribution in [2.24, 2.45) is 11.7 Å². The highest BCUT2D eigenvalue weighted by molar-refractivity contribution is 5.95. The van der Waals surface area contributed by atoms with Gasteiger partial charge in [0, 0.05) is 5.69 Å². The summed E-state index contributed by atoms with van der Waals surface area (Å²) in [5.41, 5.74) is 7.56. The van der Waals surface area contributed by atoms with Crippen LogP contribution in [0.4, 0.5) is 5.69 Å². The zero-order chi connectivity index (χ0) is 16.0. The Morgan fingerprint density at radius 3 is 2.27 bits per heavy atom. The van der Waals surface area contributed by atoms with E-state index < -0.39 is 6.04 Å². The second kappa shape index (κ2) is 9.43. The number of benzene rings is 1. The van der Waals surface area contributed by atoms with Gasteiger partial charge in [-0.25, -0.2) is 0 Å². The standard InChI is InChI=1S/C16H25N3O2.ClH/c1-10(2)12-7-5-6-8-13(12)19-14(20)9-18-16(21)15(17)11(3)4;/h5-8,10-11,15H,9,17H2,1-4H3,(H,18,21)(H,19,20);1H/t15-;/m0./s1. The van der Waals surface area contributed by atoms with Crippen LogP contribution in [-0.2, 0) is 9.59 Å². The lowest BCUT2D eigenvalue weighted by Crippen LogP contribution is -2.46. The first-order valence-corrected chi connectivity index (χ1v) is 7.25. The summed E-state index contributed by atoms with van der Waals surface area (Å²) in [6.45, 7) is 7.78. The fourth-order valence-corrected chi connectivity index (χ4v) is 1.90. The molecule has 124 valence electrons. The maximum Gasteiger partial charge on any atom is 0.243 e. The van der Waals surface area contributed by atoms with Gasteiger partial charge in [0.1, 0.15) is 0 Å². The first-order valence-electron chi connectivity index (χ1n) is 7.25. The molecule has 1 atom stereocenters. The van der Waals surface area contributed by atoms with E-state index in [0.29, 0.717) is 5.92 Å². The third-order valence-corrected chi connectivity index (χ3v) is 3.30. The van der Waals surface area contributed by atoms with Crippen molar-refractivity contribution in [1.82, 2.24) is 5.32 Å². The minimum Gasteiger partial charge on any atom is -0.346 e. The van der Waals surface area contributed by atoms with Crippen molar-refractivity contribution >= 4 is 29.9 Å². The average Bonchev–Trinajstić information content (AvgIpc) is 2.44. The smallest absolute Gasteiger partial charge is 0.243 e. The molecule has 0 spiro atoms. The van der Waals surface area contributed by atoms with E-state index in [2.05, 4.69) is 24.5 Å². The molecule has 0 aliphatic rings. The number of carbonyl (C=O) groups is 2. The Morgan fingerprint density at radius 1 is 1.14 bits per heavy atom. The molecule has 4 N–H and O–H groups in total. The van der Waals surface area contributed by atoms with Crippen molar-refractivity contribution in [3.05, 3.63) is 29.8 Å². The molecule has 0 fully saturated rings. The monoisotopic (exact) mass is 327 g/mol. The number of anilines is 1. The van der Waals surface area contributed by atoms with Gasteiger partial charge in [0.15, 0.2) is 0 Å². The lowest BCUT2D eigenvalue weighted by Gasteiger charge is -2.16. The molecular weight excluding hydrogens is 302 g/mol. The highest BCUT2D eigenvalue weighted by Crippen LogP contribution is 2.23. The molecule has 0 aliphatic carbocycles. The second-order valence-corrected chi connectivity index (χ2v) is 5.78. The molecule has 1 rings (SSSR count). The Labute approximate surface area is 138 Å². The molecule has 0 heterocycles. The minimum atomic E-state index is -0.597. The number of nitrogens with two attached hydrogens (primary N) is 1. The first kappa shape index (κ1) is 20.4. The number of hydrogen-bond donors (Lipinski definition) is 3. The van der Waals surface area contributed by atoms with Gasteiger partial charge in [0.25, 0.3) is 0 Å². The normalized spacial score (nSPS) is 11.8. The Kier molecular flexibility index (Phi) is 8.75. The van der Waals surface area contributed by atoms with Crippen LogP contribution in [0.5, 0.6) is 0 Å².